The zero-order valence-electron chi connectivity index (χ0n) is 11.6. The molecule has 2 rings (SSSR count). The van der Waals surface area contributed by atoms with Crippen LogP contribution in [0.25, 0.3) is 11.1 Å². The molecule has 0 aliphatic heterocycles. The highest BCUT2D eigenvalue weighted by molar-refractivity contribution is 5.69. The van der Waals surface area contributed by atoms with E-state index in [1.54, 1.807) is 19.5 Å². The molecule has 0 N–H and O–H groups in total. The molecule has 1 unspecified atom stereocenters. The number of aromatic nitrogens is 1. The van der Waals surface area contributed by atoms with Gasteiger partial charge in [-0.05, 0) is 31.0 Å². The molecular weight excluding hydrogens is 238 g/mol. The van der Waals surface area contributed by atoms with Crippen LogP contribution in [0.2, 0.25) is 0 Å². The molecule has 0 aliphatic rings. The van der Waals surface area contributed by atoms with Crippen molar-refractivity contribution in [2.75, 3.05) is 13.7 Å². The molecule has 0 bridgehead atoms. The Morgan fingerprint density at radius 1 is 1.16 bits per heavy atom. The van der Waals surface area contributed by atoms with Gasteiger partial charge < -0.3 is 9.47 Å². The first-order valence-electron chi connectivity index (χ1n) is 6.46. The summed E-state index contributed by atoms with van der Waals surface area (Å²) >= 11 is 0. The number of hydrogen-bond acceptors (Lipinski definition) is 3. The molecule has 1 aromatic heterocycles. The molecule has 19 heavy (non-hydrogen) atoms. The molecule has 0 amide bonds. The van der Waals surface area contributed by atoms with Crippen LogP contribution in [0.15, 0.2) is 42.7 Å². The van der Waals surface area contributed by atoms with Gasteiger partial charge in [0.15, 0.2) is 0 Å². The van der Waals surface area contributed by atoms with Crippen molar-refractivity contribution in [2.45, 2.75) is 20.0 Å². The summed E-state index contributed by atoms with van der Waals surface area (Å²) in [5.41, 5.74) is 3.35. The van der Waals surface area contributed by atoms with Gasteiger partial charge in [-0.25, -0.2) is 0 Å². The third-order valence-electron chi connectivity index (χ3n) is 3.11. The van der Waals surface area contributed by atoms with Gasteiger partial charge in [-0.2, -0.15) is 0 Å². The minimum absolute atomic E-state index is 0.124. The summed E-state index contributed by atoms with van der Waals surface area (Å²) in [5.74, 6) is 0.785. The minimum atomic E-state index is 0.124. The van der Waals surface area contributed by atoms with Gasteiger partial charge in [-0.15, -0.1) is 0 Å². The highest BCUT2D eigenvalue weighted by Gasteiger charge is 2.08. The third kappa shape index (κ3) is 3.12. The topological polar surface area (TPSA) is 31.4 Å². The molecule has 0 saturated heterocycles. The Labute approximate surface area is 114 Å². The predicted molar refractivity (Wildman–Crippen MR) is 76.3 cm³/mol. The normalized spacial score (nSPS) is 12.2. The van der Waals surface area contributed by atoms with Crippen molar-refractivity contribution in [1.29, 1.82) is 0 Å². The molecule has 3 heteroatoms. The van der Waals surface area contributed by atoms with Gasteiger partial charge in [0, 0.05) is 18.4 Å². The van der Waals surface area contributed by atoms with Crippen molar-refractivity contribution in [3.05, 3.63) is 48.3 Å². The molecule has 1 heterocycles. The van der Waals surface area contributed by atoms with Crippen molar-refractivity contribution in [3.63, 3.8) is 0 Å². The number of ether oxygens (including phenoxy) is 2. The molecule has 100 valence electrons. The van der Waals surface area contributed by atoms with Gasteiger partial charge in [0.05, 0.1) is 19.4 Å². The SMILES string of the molecule is CCOC(C)c1ccc(-c2ccncc2OC)cc1. The fourth-order valence-corrected chi connectivity index (χ4v) is 2.06. The Balaban J connectivity index is 2.27. The maximum absolute atomic E-state index is 5.58. The summed E-state index contributed by atoms with van der Waals surface area (Å²) in [7, 11) is 1.66. The maximum atomic E-state index is 5.58. The van der Waals surface area contributed by atoms with Crippen LogP contribution in [-0.4, -0.2) is 18.7 Å². The first kappa shape index (κ1) is 13.6. The summed E-state index contributed by atoms with van der Waals surface area (Å²) in [6.45, 7) is 4.79. The van der Waals surface area contributed by atoms with Crippen LogP contribution in [0, 0.1) is 0 Å². The van der Waals surface area contributed by atoms with Crippen LogP contribution >= 0.6 is 0 Å². The number of benzene rings is 1. The predicted octanol–water partition coefficient (Wildman–Crippen LogP) is 3.85. The first-order valence-corrected chi connectivity index (χ1v) is 6.46. The molecule has 0 fully saturated rings. The lowest BCUT2D eigenvalue weighted by molar-refractivity contribution is 0.0764. The second kappa shape index (κ2) is 6.34. The van der Waals surface area contributed by atoms with Crippen LogP contribution in [0.5, 0.6) is 5.75 Å². The Morgan fingerprint density at radius 3 is 2.53 bits per heavy atom. The lowest BCUT2D eigenvalue weighted by Gasteiger charge is -2.13. The zero-order valence-corrected chi connectivity index (χ0v) is 11.6. The van der Waals surface area contributed by atoms with Crippen molar-refractivity contribution in [3.8, 4) is 16.9 Å². The van der Waals surface area contributed by atoms with E-state index in [2.05, 4.69) is 36.2 Å². The molecule has 1 atom stereocenters. The Kier molecular flexibility index (Phi) is 4.53. The molecule has 0 spiro atoms. The minimum Gasteiger partial charge on any atom is -0.494 e. The molecule has 1 aromatic carbocycles. The second-order valence-electron chi connectivity index (χ2n) is 4.30. The van der Waals surface area contributed by atoms with Crippen molar-refractivity contribution < 1.29 is 9.47 Å². The average Bonchev–Trinajstić information content (AvgIpc) is 2.47. The van der Waals surface area contributed by atoms with Gasteiger partial charge in [-0.3, -0.25) is 4.98 Å². The van der Waals surface area contributed by atoms with Crippen LogP contribution < -0.4 is 4.74 Å². The van der Waals surface area contributed by atoms with E-state index in [0.29, 0.717) is 0 Å². The van der Waals surface area contributed by atoms with Crippen molar-refractivity contribution >= 4 is 0 Å². The monoisotopic (exact) mass is 257 g/mol. The summed E-state index contributed by atoms with van der Waals surface area (Å²) in [5, 5.41) is 0. The number of hydrogen-bond donors (Lipinski definition) is 0. The molecule has 0 radical (unpaired) electrons. The van der Waals surface area contributed by atoms with Gasteiger partial charge in [0.25, 0.3) is 0 Å². The maximum Gasteiger partial charge on any atom is 0.144 e. The van der Waals surface area contributed by atoms with E-state index >= 15 is 0 Å². The second-order valence-corrected chi connectivity index (χ2v) is 4.30. The average molecular weight is 257 g/mol. The van der Waals surface area contributed by atoms with E-state index in [9.17, 15) is 0 Å². The van der Waals surface area contributed by atoms with E-state index in [1.165, 1.54) is 5.56 Å². The molecule has 2 aromatic rings. The fraction of sp³-hybridized carbons (Fsp3) is 0.312. The fourth-order valence-electron chi connectivity index (χ4n) is 2.06. The van der Waals surface area contributed by atoms with Gasteiger partial charge in [-0.1, -0.05) is 24.3 Å². The quantitative estimate of drug-likeness (QED) is 0.815. The summed E-state index contributed by atoms with van der Waals surface area (Å²) in [6.07, 6.45) is 3.62. The molecular formula is C16H19NO2. The number of nitrogens with zero attached hydrogens (tertiary/aromatic N) is 1. The number of methoxy groups -OCH3 is 1. The summed E-state index contributed by atoms with van der Waals surface area (Å²) in [4.78, 5) is 4.07. The van der Waals surface area contributed by atoms with E-state index in [0.717, 1.165) is 23.5 Å². The lowest BCUT2D eigenvalue weighted by Crippen LogP contribution is -1.99. The largest absolute Gasteiger partial charge is 0.494 e. The van der Waals surface area contributed by atoms with Crippen LogP contribution in [-0.2, 0) is 4.74 Å². The highest BCUT2D eigenvalue weighted by atomic mass is 16.5. The highest BCUT2D eigenvalue weighted by Crippen LogP contribution is 2.29. The zero-order chi connectivity index (χ0) is 13.7. The van der Waals surface area contributed by atoms with Crippen LogP contribution in [0.3, 0.4) is 0 Å². The third-order valence-corrected chi connectivity index (χ3v) is 3.11. The van der Waals surface area contributed by atoms with Crippen LogP contribution in [0.4, 0.5) is 0 Å². The Morgan fingerprint density at radius 2 is 1.89 bits per heavy atom. The van der Waals surface area contributed by atoms with Crippen molar-refractivity contribution in [2.24, 2.45) is 0 Å². The summed E-state index contributed by atoms with van der Waals surface area (Å²) in [6, 6.07) is 10.3. The van der Waals surface area contributed by atoms with E-state index < -0.39 is 0 Å². The smallest absolute Gasteiger partial charge is 0.144 e. The molecule has 0 aliphatic carbocycles. The van der Waals surface area contributed by atoms with E-state index in [-0.39, 0.29) is 6.10 Å². The van der Waals surface area contributed by atoms with Gasteiger partial charge in [0.1, 0.15) is 5.75 Å². The Hall–Kier alpha value is -1.87. The molecule has 0 saturated carbocycles. The Bertz CT molecular complexity index is 523. The van der Waals surface area contributed by atoms with Crippen molar-refractivity contribution in [1.82, 2.24) is 4.98 Å². The number of pyridine rings is 1. The standard InChI is InChI=1S/C16H19NO2/c1-4-19-12(2)13-5-7-14(8-6-13)15-9-10-17-11-16(15)18-3/h5-12H,4H2,1-3H3. The first-order chi connectivity index (χ1) is 9.26. The summed E-state index contributed by atoms with van der Waals surface area (Å²) < 4.78 is 10.9. The van der Waals surface area contributed by atoms with Gasteiger partial charge in [0.2, 0.25) is 0 Å². The lowest BCUT2D eigenvalue weighted by atomic mass is 10.0. The van der Waals surface area contributed by atoms with E-state index in [4.69, 9.17) is 9.47 Å². The van der Waals surface area contributed by atoms with Gasteiger partial charge >= 0.3 is 0 Å². The van der Waals surface area contributed by atoms with Crippen LogP contribution in [0.1, 0.15) is 25.5 Å². The van der Waals surface area contributed by atoms with E-state index in [1.807, 2.05) is 13.0 Å². The molecule has 3 nitrogen and oxygen atoms in total. The number of rotatable bonds is 5.